The van der Waals surface area contributed by atoms with Crippen molar-refractivity contribution in [3.63, 3.8) is 0 Å². The second kappa shape index (κ2) is 3.70. The number of halogens is 4. The Hall–Kier alpha value is -1.59. The molecule has 2 rings (SSSR count). The van der Waals surface area contributed by atoms with E-state index in [1.165, 1.54) is 20.0 Å². The lowest BCUT2D eigenvalue weighted by molar-refractivity contribution is -0.154. The third kappa shape index (κ3) is 1.85. The number of likely N-dealkylation sites (N-methyl/N-ethyl adjacent to an activating group) is 1. The highest BCUT2D eigenvalue weighted by molar-refractivity contribution is 6.07. The van der Waals surface area contributed by atoms with Gasteiger partial charge in [-0.2, -0.15) is 13.2 Å². The number of carbonyl (C=O) groups is 1. The molecule has 1 aromatic rings. The summed E-state index contributed by atoms with van der Waals surface area (Å²) in [5.41, 5.74) is -1.33. The van der Waals surface area contributed by atoms with Gasteiger partial charge < -0.3 is 4.90 Å². The first kappa shape index (κ1) is 12.9. The van der Waals surface area contributed by atoms with Crippen LogP contribution in [0.15, 0.2) is 18.2 Å². The Morgan fingerprint density at radius 2 is 1.94 bits per heavy atom. The van der Waals surface area contributed by atoms with Crippen molar-refractivity contribution < 1.29 is 22.4 Å². The molecule has 1 atom stereocenters. The van der Waals surface area contributed by atoms with Gasteiger partial charge in [0.15, 0.2) is 0 Å². The summed E-state index contributed by atoms with van der Waals surface area (Å²) in [6, 6.07) is 3.45. The maximum Gasteiger partial charge on any atom is 0.390 e. The van der Waals surface area contributed by atoms with E-state index in [9.17, 15) is 22.4 Å². The number of anilines is 1. The number of rotatable bonds is 1. The molecule has 0 bridgehead atoms. The fraction of sp³-hybridized carbons (Fsp3) is 0.417. The maximum absolute atomic E-state index is 13.2. The molecule has 1 aromatic carbocycles. The Morgan fingerprint density at radius 3 is 2.50 bits per heavy atom. The van der Waals surface area contributed by atoms with Crippen molar-refractivity contribution in [2.45, 2.75) is 24.9 Å². The molecule has 0 aromatic heterocycles. The monoisotopic (exact) mass is 261 g/mol. The number of benzene rings is 1. The smallest absolute Gasteiger partial charge is 0.314 e. The Kier molecular flexibility index (Phi) is 2.64. The van der Waals surface area contributed by atoms with Crippen molar-refractivity contribution in [2.24, 2.45) is 0 Å². The van der Waals surface area contributed by atoms with Crippen LogP contribution in [0, 0.1) is 5.82 Å². The quantitative estimate of drug-likeness (QED) is 0.712. The van der Waals surface area contributed by atoms with Crippen LogP contribution in [0.1, 0.15) is 18.9 Å². The molecule has 1 aliphatic heterocycles. The van der Waals surface area contributed by atoms with Crippen molar-refractivity contribution in [1.29, 1.82) is 0 Å². The highest BCUT2D eigenvalue weighted by Crippen LogP contribution is 2.46. The molecule has 0 N–H and O–H groups in total. The number of amides is 1. The molecule has 2 nitrogen and oxygen atoms in total. The van der Waals surface area contributed by atoms with E-state index in [0.717, 1.165) is 17.0 Å². The molecule has 1 amide bonds. The minimum absolute atomic E-state index is 0.0901. The number of nitrogens with zero attached hydrogens (tertiary/aromatic N) is 1. The van der Waals surface area contributed by atoms with Gasteiger partial charge in [0.1, 0.15) is 5.82 Å². The first-order valence-corrected chi connectivity index (χ1v) is 5.30. The van der Waals surface area contributed by atoms with Gasteiger partial charge >= 0.3 is 6.18 Å². The Balaban J connectivity index is 2.57. The zero-order valence-electron chi connectivity index (χ0n) is 9.81. The average Bonchev–Trinajstić information content (AvgIpc) is 2.39. The van der Waals surface area contributed by atoms with Gasteiger partial charge in [-0.3, -0.25) is 4.79 Å². The van der Waals surface area contributed by atoms with E-state index < -0.39 is 29.7 Å². The molecule has 98 valence electrons. The van der Waals surface area contributed by atoms with Gasteiger partial charge in [-0.25, -0.2) is 4.39 Å². The first-order chi connectivity index (χ1) is 8.15. The summed E-state index contributed by atoms with van der Waals surface area (Å²) in [4.78, 5) is 13.1. The van der Waals surface area contributed by atoms with Gasteiger partial charge in [-0.05, 0) is 30.7 Å². The van der Waals surface area contributed by atoms with E-state index in [2.05, 4.69) is 0 Å². The lowest BCUT2D eigenvalue weighted by Gasteiger charge is -2.24. The van der Waals surface area contributed by atoms with E-state index in [4.69, 9.17) is 0 Å². The second-order valence-electron chi connectivity index (χ2n) is 4.65. The summed E-state index contributed by atoms with van der Waals surface area (Å²) < 4.78 is 50.9. The number of hydrogen-bond acceptors (Lipinski definition) is 1. The van der Waals surface area contributed by atoms with Gasteiger partial charge in [-0.15, -0.1) is 0 Å². The summed E-state index contributed by atoms with van der Waals surface area (Å²) in [6.07, 6.45) is -5.78. The van der Waals surface area contributed by atoms with Crippen LogP contribution >= 0.6 is 0 Å². The minimum Gasteiger partial charge on any atom is -0.314 e. The third-order valence-corrected chi connectivity index (χ3v) is 3.25. The summed E-state index contributed by atoms with van der Waals surface area (Å²) in [5, 5.41) is 0. The van der Waals surface area contributed by atoms with Crippen molar-refractivity contribution in [3.05, 3.63) is 29.6 Å². The van der Waals surface area contributed by atoms with Crippen LogP contribution in [0.4, 0.5) is 23.2 Å². The molecule has 0 unspecified atom stereocenters. The molecule has 0 saturated carbocycles. The molecule has 0 aliphatic carbocycles. The minimum atomic E-state index is -4.49. The van der Waals surface area contributed by atoms with E-state index in [0.29, 0.717) is 5.69 Å². The van der Waals surface area contributed by atoms with Crippen molar-refractivity contribution in [2.75, 3.05) is 11.9 Å². The van der Waals surface area contributed by atoms with Gasteiger partial charge in [0.25, 0.3) is 0 Å². The van der Waals surface area contributed by atoms with Gasteiger partial charge in [0.2, 0.25) is 5.91 Å². The van der Waals surface area contributed by atoms with E-state index in [-0.39, 0.29) is 5.56 Å². The molecule has 0 radical (unpaired) electrons. The van der Waals surface area contributed by atoms with Crippen LogP contribution in [-0.4, -0.2) is 19.1 Å². The molecule has 0 spiro atoms. The average molecular weight is 261 g/mol. The maximum atomic E-state index is 13.2. The van der Waals surface area contributed by atoms with Crippen LogP contribution in [0.2, 0.25) is 0 Å². The highest BCUT2D eigenvalue weighted by atomic mass is 19.4. The van der Waals surface area contributed by atoms with Crippen molar-refractivity contribution >= 4 is 11.6 Å². The fourth-order valence-electron chi connectivity index (χ4n) is 2.41. The van der Waals surface area contributed by atoms with E-state index >= 15 is 0 Å². The van der Waals surface area contributed by atoms with Gasteiger partial charge in [0, 0.05) is 12.7 Å². The molecule has 0 fully saturated rings. The number of carbonyl (C=O) groups excluding carboxylic acids is 1. The molecular formula is C12H11F4NO. The zero-order valence-corrected chi connectivity index (χ0v) is 9.81. The predicted molar refractivity (Wildman–Crippen MR) is 57.8 cm³/mol. The standard InChI is InChI=1S/C12H11F4NO/c1-11(6-12(14,15)16)8-5-7(13)3-4-9(8)17(2)10(11)18/h3-5H,6H2,1-2H3/t11-/m1/s1. The predicted octanol–water partition coefficient (Wildman–Crippen LogP) is 3.01. The van der Waals surface area contributed by atoms with E-state index in [1.807, 2.05) is 0 Å². The highest BCUT2D eigenvalue weighted by Gasteiger charge is 2.52. The third-order valence-electron chi connectivity index (χ3n) is 3.25. The lowest BCUT2D eigenvalue weighted by Crippen LogP contribution is -2.39. The molecule has 0 saturated heterocycles. The van der Waals surface area contributed by atoms with Crippen molar-refractivity contribution in [3.8, 4) is 0 Å². The molecule has 6 heteroatoms. The van der Waals surface area contributed by atoms with Gasteiger partial charge in [-0.1, -0.05) is 0 Å². The van der Waals surface area contributed by atoms with Crippen LogP contribution in [0.5, 0.6) is 0 Å². The normalized spacial score (nSPS) is 23.4. The fourth-order valence-corrected chi connectivity index (χ4v) is 2.41. The van der Waals surface area contributed by atoms with Crippen LogP contribution in [0.3, 0.4) is 0 Å². The summed E-state index contributed by atoms with van der Waals surface area (Å²) in [5.74, 6) is -1.31. The Bertz CT molecular complexity index is 511. The topological polar surface area (TPSA) is 20.3 Å². The van der Waals surface area contributed by atoms with Gasteiger partial charge in [0.05, 0.1) is 11.8 Å². The Morgan fingerprint density at radius 1 is 1.33 bits per heavy atom. The number of fused-ring (bicyclic) bond motifs is 1. The molecule has 18 heavy (non-hydrogen) atoms. The molecular weight excluding hydrogens is 250 g/mol. The summed E-state index contributed by atoms with van der Waals surface area (Å²) >= 11 is 0. The SMILES string of the molecule is CN1C(=O)[C@](C)(CC(F)(F)F)c2cc(F)ccc21. The Labute approximate surface area is 101 Å². The zero-order chi connectivity index (χ0) is 13.7. The first-order valence-electron chi connectivity index (χ1n) is 5.30. The van der Waals surface area contributed by atoms with E-state index in [1.54, 1.807) is 0 Å². The molecule has 1 aliphatic rings. The van der Waals surface area contributed by atoms with Crippen LogP contribution in [-0.2, 0) is 10.2 Å². The summed E-state index contributed by atoms with van der Waals surface area (Å²) in [7, 11) is 1.39. The summed E-state index contributed by atoms with van der Waals surface area (Å²) in [6.45, 7) is 1.20. The number of hydrogen-bond donors (Lipinski definition) is 0. The largest absolute Gasteiger partial charge is 0.390 e. The molecule has 1 heterocycles. The second-order valence-corrected chi connectivity index (χ2v) is 4.65. The number of alkyl halides is 3. The van der Waals surface area contributed by atoms with Crippen LogP contribution < -0.4 is 4.90 Å². The van der Waals surface area contributed by atoms with Crippen LogP contribution in [0.25, 0.3) is 0 Å². The van der Waals surface area contributed by atoms with Crippen molar-refractivity contribution in [1.82, 2.24) is 0 Å². The lowest BCUT2D eigenvalue weighted by atomic mass is 9.80.